The lowest BCUT2D eigenvalue weighted by atomic mass is 10.2. The van der Waals surface area contributed by atoms with Crippen molar-refractivity contribution in [3.63, 3.8) is 0 Å². The summed E-state index contributed by atoms with van der Waals surface area (Å²) in [7, 11) is -3.59. The predicted molar refractivity (Wildman–Crippen MR) is 112 cm³/mol. The molecule has 6 nitrogen and oxygen atoms in total. The average molecular weight is 453 g/mol. The molecule has 4 aromatic rings. The highest BCUT2D eigenvalue weighted by atomic mass is 35.5. The highest BCUT2D eigenvalue weighted by Gasteiger charge is 2.15. The summed E-state index contributed by atoms with van der Waals surface area (Å²) in [4.78, 5) is 5.45. The second-order valence-corrected chi connectivity index (χ2v) is 9.44. The summed E-state index contributed by atoms with van der Waals surface area (Å²) in [6, 6.07) is 13.4. The van der Waals surface area contributed by atoms with Crippen LogP contribution in [-0.2, 0) is 16.4 Å². The molecular formula is C18H14Cl2N4O2S2. The van der Waals surface area contributed by atoms with E-state index in [1.807, 2.05) is 17.5 Å². The highest BCUT2D eigenvalue weighted by molar-refractivity contribution is 7.89. The van der Waals surface area contributed by atoms with Crippen LogP contribution in [0.4, 0.5) is 0 Å². The Labute approximate surface area is 175 Å². The quantitative estimate of drug-likeness (QED) is 0.473. The molecule has 0 bridgehead atoms. The van der Waals surface area contributed by atoms with E-state index < -0.39 is 10.0 Å². The number of fused-ring (bicyclic) bond motifs is 1. The highest BCUT2D eigenvalue weighted by Crippen LogP contribution is 2.22. The second kappa shape index (κ2) is 7.81. The van der Waals surface area contributed by atoms with E-state index in [1.54, 1.807) is 28.8 Å². The number of hydrogen-bond acceptors (Lipinski definition) is 5. The van der Waals surface area contributed by atoms with E-state index in [1.165, 1.54) is 23.5 Å². The third-order valence-corrected chi connectivity index (χ3v) is 6.90. The Kier molecular flexibility index (Phi) is 5.39. The summed E-state index contributed by atoms with van der Waals surface area (Å²) >= 11 is 13.2. The number of benzene rings is 2. The van der Waals surface area contributed by atoms with Crippen molar-refractivity contribution in [1.82, 2.24) is 19.3 Å². The molecule has 0 radical (unpaired) electrons. The van der Waals surface area contributed by atoms with Gasteiger partial charge in [-0.2, -0.15) is 4.98 Å². The van der Waals surface area contributed by atoms with Crippen molar-refractivity contribution < 1.29 is 8.42 Å². The van der Waals surface area contributed by atoms with Gasteiger partial charge in [-0.25, -0.2) is 17.7 Å². The summed E-state index contributed by atoms with van der Waals surface area (Å²) < 4.78 is 29.1. The number of rotatable bonds is 6. The van der Waals surface area contributed by atoms with Gasteiger partial charge in [0.1, 0.15) is 0 Å². The number of hydrogen-bond donors (Lipinski definition) is 1. The Bertz CT molecular complexity index is 1220. The van der Waals surface area contributed by atoms with Crippen molar-refractivity contribution in [2.75, 3.05) is 6.54 Å². The molecule has 0 saturated heterocycles. The maximum absolute atomic E-state index is 12.4. The zero-order chi connectivity index (χ0) is 19.7. The largest absolute Gasteiger partial charge is 0.240 e. The third kappa shape index (κ3) is 4.06. The van der Waals surface area contributed by atoms with Gasteiger partial charge in [-0.3, -0.25) is 0 Å². The van der Waals surface area contributed by atoms with E-state index in [2.05, 4.69) is 14.8 Å². The number of aromatic nitrogens is 3. The summed E-state index contributed by atoms with van der Waals surface area (Å²) in [6.45, 7) is 0.243. The Morgan fingerprint density at radius 2 is 1.64 bits per heavy atom. The number of nitrogens with one attached hydrogen (secondary N) is 1. The molecule has 0 atom stereocenters. The topological polar surface area (TPSA) is 76.4 Å². The van der Waals surface area contributed by atoms with Gasteiger partial charge in [0.15, 0.2) is 5.82 Å². The predicted octanol–water partition coefficient (Wildman–Crippen LogP) is 4.29. The summed E-state index contributed by atoms with van der Waals surface area (Å²) in [5.74, 6) is 0.603. The van der Waals surface area contributed by atoms with Gasteiger partial charge >= 0.3 is 0 Å². The van der Waals surface area contributed by atoms with Crippen molar-refractivity contribution >= 4 is 49.5 Å². The van der Waals surface area contributed by atoms with Gasteiger partial charge in [0.25, 0.3) is 0 Å². The lowest BCUT2D eigenvalue weighted by Crippen LogP contribution is -2.26. The van der Waals surface area contributed by atoms with Gasteiger partial charge < -0.3 is 0 Å². The Balaban J connectivity index is 1.48. The molecule has 0 saturated carbocycles. The summed E-state index contributed by atoms with van der Waals surface area (Å²) in [5, 5.41) is 7.60. The lowest BCUT2D eigenvalue weighted by Gasteiger charge is -2.06. The molecule has 2 aromatic heterocycles. The minimum Gasteiger partial charge on any atom is -0.211 e. The van der Waals surface area contributed by atoms with Gasteiger partial charge in [0, 0.05) is 34.0 Å². The number of nitrogens with zero attached hydrogens (tertiary/aromatic N) is 3. The van der Waals surface area contributed by atoms with Crippen LogP contribution in [0.15, 0.2) is 58.8 Å². The average Bonchev–Trinajstić information content (AvgIpc) is 3.24. The molecule has 0 amide bonds. The number of thiazole rings is 1. The molecule has 2 heterocycles. The summed E-state index contributed by atoms with van der Waals surface area (Å²) in [6.07, 6.45) is 0.482. The molecule has 10 heteroatoms. The first-order valence-electron chi connectivity index (χ1n) is 8.27. The Morgan fingerprint density at radius 3 is 2.32 bits per heavy atom. The van der Waals surface area contributed by atoms with Gasteiger partial charge in [-0.15, -0.1) is 16.4 Å². The van der Waals surface area contributed by atoms with E-state index in [0.717, 1.165) is 16.2 Å². The van der Waals surface area contributed by atoms with Gasteiger partial charge in [-0.1, -0.05) is 23.2 Å². The first-order valence-corrected chi connectivity index (χ1v) is 11.4. The van der Waals surface area contributed by atoms with Crippen LogP contribution >= 0.6 is 34.5 Å². The monoisotopic (exact) mass is 452 g/mol. The van der Waals surface area contributed by atoms with Crippen molar-refractivity contribution in [3.05, 3.63) is 69.7 Å². The second-order valence-electron chi connectivity index (χ2n) is 5.97. The molecular weight excluding hydrogens is 439 g/mol. The smallest absolute Gasteiger partial charge is 0.211 e. The lowest BCUT2D eigenvalue weighted by molar-refractivity contribution is 0.581. The van der Waals surface area contributed by atoms with Crippen molar-refractivity contribution in [2.24, 2.45) is 0 Å². The van der Waals surface area contributed by atoms with Crippen molar-refractivity contribution in [2.45, 2.75) is 11.3 Å². The van der Waals surface area contributed by atoms with Crippen LogP contribution in [0.3, 0.4) is 0 Å². The van der Waals surface area contributed by atoms with Crippen LogP contribution in [0.1, 0.15) is 5.69 Å². The van der Waals surface area contributed by atoms with Crippen LogP contribution < -0.4 is 4.72 Å². The van der Waals surface area contributed by atoms with E-state index in [9.17, 15) is 8.42 Å². The van der Waals surface area contributed by atoms with E-state index >= 15 is 0 Å². The van der Waals surface area contributed by atoms with Crippen LogP contribution in [0.25, 0.3) is 16.3 Å². The molecule has 4 rings (SSSR count). The minimum absolute atomic E-state index is 0.179. The Hall–Kier alpha value is -1.97. The normalized spacial score (nSPS) is 11.9. The van der Waals surface area contributed by atoms with Gasteiger partial charge in [0.2, 0.25) is 15.0 Å². The first kappa shape index (κ1) is 19.4. The molecule has 0 fully saturated rings. The zero-order valence-corrected chi connectivity index (χ0v) is 17.5. The molecule has 28 heavy (non-hydrogen) atoms. The Morgan fingerprint density at radius 1 is 1.00 bits per heavy atom. The minimum atomic E-state index is -3.59. The van der Waals surface area contributed by atoms with Gasteiger partial charge in [-0.05, 0) is 48.5 Å². The SMILES string of the molecule is O=S(=O)(NCCc1csc2nc(-c3ccc(Cl)cc3)nn12)c1ccc(Cl)cc1. The molecule has 0 spiro atoms. The van der Waals surface area contributed by atoms with E-state index in [-0.39, 0.29) is 11.4 Å². The molecule has 0 aliphatic rings. The molecule has 0 aliphatic heterocycles. The van der Waals surface area contributed by atoms with E-state index in [4.69, 9.17) is 23.2 Å². The maximum Gasteiger partial charge on any atom is 0.240 e. The van der Waals surface area contributed by atoms with Crippen molar-refractivity contribution in [3.8, 4) is 11.4 Å². The van der Waals surface area contributed by atoms with Crippen LogP contribution in [-0.4, -0.2) is 29.6 Å². The first-order chi connectivity index (χ1) is 13.4. The van der Waals surface area contributed by atoms with Crippen LogP contribution in [0.2, 0.25) is 10.0 Å². The number of halogens is 2. The fraction of sp³-hybridized carbons (Fsp3) is 0.111. The maximum atomic E-state index is 12.4. The third-order valence-electron chi connectivity index (χ3n) is 4.05. The van der Waals surface area contributed by atoms with E-state index in [0.29, 0.717) is 22.3 Å². The molecule has 1 N–H and O–H groups in total. The number of sulfonamides is 1. The standard InChI is InChI=1S/C18H14Cl2N4O2S2/c19-13-3-1-12(2-4-13)17-22-18-24(23-17)15(11-27-18)9-10-21-28(25,26)16-7-5-14(20)6-8-16/h1-8,11,21H,9-10H2. The fourth-order valence-corrected chi connectivity index (χ4v) is 4.77. The van der Waals surface area contributed by atoms with Crippen LogP contribution in [0.5, 0.6) is 0 Å². The zero-order valence-electron chi connectivity index (χ0n) is 14.3. The molecule has 0 aliphatic carbocycles. The molecule has 0 unspecified atom stereocenters. The fourth-order valence-electron chi connectivity index (χ4n) is 2.63. The summed E-state index contributed by atoms with van der Waals surface area (Å²) in [5.41, 5.74) is 1.75. The molecule has 2 aromatic carbocycles. The van der Waals surface area contributed by atoms with Gasteiger partial charge in [0.05, 0.1) is 10.6 Å². The van der Waals surface area contributed by atoms with Crippen LogP contribution in [0, 0.1) is 0 Å². The molecule has 144 valence electrons. The van der Waals surface area contributed by atoms with Crippen molar-refractivity contribution in [1.29, 1.82) is 0 Å².